The number of anilines is 2. The van der Waals surface area contributed by atoms with Crippen LogP contribution in [0.15, 0.2) is 24.8 Å². The predicted octanol–water partition coefficient (Wildman–Crippen LogP) is 3.81. The second-order valence-electron chi connectivity index (χ2n) is 16.7. The van der Waals surface area contributed by atoms with E-state index in [1.54, 1.807) is 38.6 Å². The topological polar surface area (TPSA) is 242 Å². The summed E-state index contributed by atoms with van der Waals surface area (Å²) in [6.45, 7) is 13.5. The van der Waals surface area contributed by atoms with Crippen LogP contribution in [0.25, 0.3) is 0 Å². The molecule has 2 saturated heterocycles. The number of rotatable bonds is 16. The first-order valence-corrected chi connectivity index (χ1v) is 23.3. The van der Waals surface area contributed by atoms with Crippen molar-refractivity contribution in [2.45, 2.75) is 126 Å². The van der Waals surface area contributed by atoms with E-state index in [1.807, 2.05) is 23.0 Å². The van der Waals surface area contributed by atoms with Gasteiger partial charge in [-0.15, -0.1) is 20.4 Å². The third-order valence-corrected chi connectivity index (χ3v) is 15.4. The number of aromatic nitrogens is 10. The number of aryl methyl sites for hydroxylation is 2. The van der Waals surface area contributed by atoms with Crippen molar-refractivity contribution in [2.24, 2.45) is 0 Å². The summed E-state index contributed by atoms with van der Waals surface area (Å²) in [7, 11) is -4.77. The van der Waals surface area contributed by atoms with Crippen LogP contribution in [0.2, 0.25) is 0 Å². The summed E-state index contributed by atoms with van der Waals surface area (Å²) in [5.74, 6) is 2.30. The van der Waals surface area contributed by atoms with E-state index in [9.17, 15) is 16.8 Å². The lowest BCUT2D eigenvalue weighted by atomic mass is 10.1. The van der Waals surface area contributed by atoms with Gasteiger partial charge in [-0.3, -0.25) is 38.5 Å². The minimum atomic E-state index is -3.85. The van der Waals surface area contributed by atoms with Crippen LogP contribution < -0.4 is 9.44 Å². The van der Waals surface area contributed by atoms with Gasteiger partial charge in [-0.1, -0.05) is 0 Å². The van der Waals surface area contributed by atoms with Gasteiger partial charge in [0.1, 0.15) is 34.4 Å². The average molecular weight is 873 g/mol. The molecule has 0 spiro atoms. The summed E-state index contributed by atoms with van der Waals surface area (Å²) in [5, 5.41) is 15.2. The Bertz CT molecular complexity index is 2160. The van der Waals surface area contributed by atoms with Crippen LogP contribution >= 0.6 is 0 Å². The van der Waals surface area contributed by atoms with E-state index in [-0.39, 0.29) is 34.8 Å². The Morgan fingerprint density at radius 2 is 1.03 bits per heavy atom. The summed E-state index contributed by atoms with van der Waals surface area (Å²) in [5.41, 5.74) is 2.06. The Labute approximate surface area is 351 Å². The number of sulfonamides is 2. The molecule has 2 aliphatic carbocycles. The lowest BCUT2D eigenvalue weighted by Crippen LogP contribution is -2.34. The van der Waals surface area contributed by atoms with Crippen LogP contribution in [0, 0.1) is 13.8 Å². The molecule has 6 atom stereocenters. The highest BCUT2D eigenvalue weighted by atomic mass is 32.2. The quantitative estimate of drug-likeness (QED) is 0.163. The van der Waals surface area contributed by atoms with Gasteiger partial charge in [-0.25, -0.2) is 16.8 Å². The molecule has 0 amide bonds. The molecule has 2 aliphatic heterocycles. The smallest absolute Gasteiger partial charge is 0.240 e. The molecule has 328 valence electrons. The zero-order chi connectivity index (χ0) is 43.0. The zero-order valence-electron chi connectivity index (χ0n) is 35.4. The monoisotopic (exact) mass is 872 g/mol. The number of hydrogen-bond acceptors (Lipinski definition) is 16. The number of nitrogens with zero attached hydrogens (tertiary/aromatic N) is 10. The molecule has 0 unspecified atom stereocenters. The number of ether oxygens (including phenoxy) is 4. The van der Waals surface area contributed by atoms with E-state index in [4.69, 9.17) is 18.9 Å². The SMILES string of the molecule is CO[C@H](c1cnc(C)cn1)[C@H](C)S(=O)(=O)Nc1nnc([C@@H]2CCOC2)n1C1(C)CC1.CO[C@H](c1cnc(C)cn1)[C@H](C)S(=O)(=O)Nc1nnc([C@H]2CCOC2)n1C1(C)CC1. The Hall–Kier alpha value is -4.22. The normalized spacial score (nSPS) is 22.6. The minimum Gasteiger partial charge on any atom is -0.381 e. The van der Waals surface area contributed by atoms with E-state index in [0.29, 0.717) is 37.8 Å². The molecule has 4 fully saturated rings. The van der Waals surface area contributed by atoms with Crippen LogP contribution in [-0.4, -0.2) is 117 Å². The van der Waals surface area contributed by atoms with Crippen molar-refractivity contribution in [3.05, 3.63) is 59.2 Å². The van der Waals surface area contributed by atoms with Crippen molar-refractivity contribution in [1.82, 2.24) is 49.5 Å². The van der Waals surface area contributed by atoms with Crippen molar-refractivity contribution in [1.29, 1.82) is 0 Å². The Morgan fingerprint density at radius 3 is 1.32 bits per heavy atom. The molecule has 0 radical (unpaired) electrons. The fourth-order valence-corrected chi connectivity index (χ4v) is 9.87. The molecular formula is C38H56N12O8S2. The largest absolute Gasteiger partial charge is 0.381 e. The molecule has 8 rings (SSSR count). The maximum Gasteiger partial charge on any atom is 0.240 e. The zero-order valence-corrected chi connectivity index (χ0v) is 37.0. The Morgan fingerprint density at radius 1 is 0.650 bits per heavy atom. The summed E-state index contributed by atoms with van der Waals surface area (Å²) in [6, 6.07) is 0. The van der Waals surface area contributed by atoms with Gasteiger partial charge in [0.25, 0.3) is 0 Å². The van der Waals surface area contributed by atoms with Crippen LogP contribution in [-0.2, 0) is 50.1 Å². The van der Waals surface area contributed by atoms with Crippen LogP contribution in [0.4, 0.5) is 11.9 Å². The van der Waals surface area contributed by atoms with Crippen LogP contribution in [0.1, 0.15) is 125 Å². The fourth-order valence-electron chi connectivity index (χ4n) is 7.57. The van der Waals surface area contributed by atoms with Gasteiger partial charge in [0.15, 0.2) is 0 Å². The summed E-state index contributed by atoms with van der Waals surface area (Å²) >= 11 is 0. The highest BCUT2D eigenvalue weighted by molar-refractivity contribution is 7.93. The first-order valence-electron chi connectivity index (χ1n) is 20.2. The molecule has 20 nitrogen and oxygen atoms in total. The Kier molecular flexibility index (Phi) is 12.6. The van der Waals surface area contributed by atoms with Crippen molar-refractivity contribution in [3.8, 4) is 0 Å². The first kappa shape index (κ1) is 43.9. The lowest BCUT2D eigenvalue weighted by molar-refractivity contribution is 0.0984. The van der Waals surface area contributed by atoms with Gasteiger partial charge >= 0.3 is 0 Å². The maximum atomic E-state index is 13.2. The second-order valence-corrected chi connectivity index (χ2v) is 20.8. The van der Waals surface area contributed by atoms with Crippen molar-refractivity contribution in [3.63, 3.8) is 0 Å². The summed E-state index contributed by atoms with van der Waals surface area (Å²) < 4.78 is 84.1. The molecule has 2 saturated carbocycles. The number of methoxy groups -OCH3 is 2. The number of nitrogens with one attached hydrogen (secondary N) is 2. The average Bonchev–Trinajstić information content (AvgIpc) is 3.71. The lowest BCUT2D eigenvalue weighted by Gasteiger charge is -2.24. The fraction of sp³-hybridized carbons (Fsp3) is 0.684. The van der Waals surface area contributed by atoms with E-state index in [1.165, 1.54) is 14.2 Å². The van der Waals surface area contributed by atoms with Gasteiger partial charge in [-0.2, -0.15) is 0 Å². The third-order valence-electron chi connectivity index (χ3n) is 12.0. The van der Waals surface area contributed by atoms with Gasteiger partial charge in [0.2, 0.25) is 31.9 Å². The first-order chi connectivity index (χ1) is 28.5. The second kappa shape index (κ2) is 17.3. The third kappa shape index (κ3) is 9.18. The molecule has 0 bridgehead atoms. The van der Waals surface area contributed by atoms with E-state index in [2.05, 4.69) is 63.6 Å². The van der Waals surface area contributed by atoms with E-state index < -0.39 is 42.8 Å². The molecule has 6 heterocycles. The van der Waals surface area contributed by atoms with Gasteiger partial charge < -0.3 is 18.9 Å². The van der Waals surface area contributed by atoms with Crippen LogP contribution in [0.3, 0.4) is 0 Å². The summed E-state index contributed by atoms with van der Waals surface area (Å²) in [6.07, 6.45) is 10.3. The Balaban J connectivity index is 0.000000181. The van der Waals surface area contributed by atoms with Crippen molar-refractivity contribution < 1.29 is 35.8 Å². The van der Waals surface area contributed by atoms with Gasteiger partial charge in [-0.05, 0) is 80.1 Å². The van der Waals surface area contributed by atoms with Gasteiger partial charge in [0, 0.05) is 62.7 Å². The van der Waals surface area contributed by atoms with Crippen molar-refractivity contribution >= 4 is 31.9 Å². The standard InChI is InChI=1S/2C19H28N6O4S/c2*1-12-9-21-15(10-20-12)16(28-4)13(2)30(26,27)24-18-23-22-17(14-5-8-29-11-14)25(18)19(3)6-7-19/h2*9-10,13-14,16H,5-8,11H2,1-4H3,(H,23,24)/t13-,14+,16-;13-,14-,16-/m00/s1. The molecule has 4 aliphatic rings. The van der Waals surface area contributed by atoms with Gasteiger partial charge in [0.05, 0.1) is 48.4 Å². The summed E-state index contributed by atoms with van der Waals surface area (Å²) in [4.78, 5) is 17.0. The minimum absolute atomic E-state index is 0.125. The van der Waals surface area contributed by atoms with Crippen LogP contribution in [0.5, 0.6) is 0 Å². The highest BCUT2D eigenvalue weighted by Gasteiger charge is 2.47. The predicted molar refractivity (Wildman–Crippen MR) is 219 cm³/mol. The molecule has 22 heteroatoms. The van der Waals surface area contributed by atoms with E-state index >= 15 is 0 Å². The molecular weight excluding hydrogens is 817 g/mol. The van der Waals surface area contributed by atoms with E-state index in [0.717, 1.165) is 61.6 Å². The molecule has 60 heavy (non-hydrogen) atoms. The molecule has 2 N–H and O–H groups in total. The molecule has 4 aromatic heterocycles. The van der Waals surface area contributed by atoms with Crippen molar-refractivity contribution in [2.75, 3.05) is 50.1 Å². The molecule has 4 aromatic rings. The molecule has 0 aromatic carbocycles. The number of hydrogen-bond donors (Lipinski definition) is 2. The highest BCUT2D eigenvalue weighted by Crippen LogP contribution is 2.48. The maximum absolute atomic E-state index is 13.2.